The first-order valence-electron chi connectivity index (χ1n) is 21.2. The van der Waals surface area contributed by atoms with Crippen LogP contribution >= 0.6 is 0 Å². The number of benzene rings is 4. The zero-order chi connectivity index (χ0) is 40.2. The van der Waals surface area contributed by atoms with Crippen molar-refractivity contribution >= 4 is 17.0 Å². The van der Waals surface area contributed by atoms with E-state index >= 15 is 0 Å². The molecule has 58 heavy (non-hydrogen) atoms. The number of phenols is 1. The van der Waals surface area contributed by atoms with Gasteiger partial charge in [-0.3, -0.25) is 4.79 Å². The lowest BCUT2D eigenvalue weighted by atomic mass is 9.83. The van der Waals surface area contributed by atoms with Crippen molar-refractivity contribution in [1.29, 1.82) is 0 Å². The molecule has 1 amide bonds. The smallest absolute Gasteiger partial charge is 0.408 e. The average Bonchev–Trinajstić information content (AvgIpc) is 3.25. The number of amides is 1. The molecule has 2 bridgehead atoms. The zero-order valence-electron chi connectivity index (χ0n) is 33.5. The molecule has 8 rings (SSSR count). The van der Waals surface area contributed by atoms with Gasteiger partial charge in [0.15, 0.2) is 6.10 Å². The topological polar surface area (TPSA) is 133 Å². The minimum atomic E-state index is -0.773. The fourth-order valence-corrected chi connectivity index (χ4v) is 8.96. The van der Waals surface area contributed by atoms with Crippen LogP contribution in [0.25, 0.3) is 10.9 Å². The van der Waals surface area contributed by atoms with Gasteiger partial charge in [-0.15, -0.1) is 0 Å². The summed E-state index contributed by atoms with van der Waals surface area (Å²) in [7, 11) is 0. The van der Waals surface area contributed by atoms with Gasteiger partial charge in [0.1, 0.15) is 18.0 Å². The number of quaternary nitrogens is 1. The summed E-state index contributed by atoms with van der Waals surface area (Å²) in [5.41, 5.74) is 4.02. The molecule has 3 aliphatic rings. The van der Waals surface area contributed by atoms with Crippen LogP contribution in [-0.4, -0.2) is 77.8 Å². The predicted octanol–water partition coefficient (Wildman–Crippen LogP) is 7.94. The summed E-state index contributed by atoms with van der Waals surface area (Å²) >= 11 is 0. The van der Waals surface area contributed by atoms with Gasteiger partial charge < -0.3 is 39.8 Å². The second-order valence-electron chi connectivity index (χ2n) is 16.2. The van der Waals surface area contributed by atoms with Crippen molar-refractivity contribution in [2.24, 2.45) is 5.92 Å². The van der Waals surface area contributed by atoms with Crippen molar-refractivity contribution in [1.82, 2.24) is 15.6 Å². The first-order valence-corrected chi connectivity index (χ1v) is 21.2. The van der Waals surface area contributed by atoms with Crippen LogP contribution in [0.3, 0.4) is 0 Å². The number of aromatic amines is 1. The van der Waals surface area contributed by atoms with E-state index in [1.165, 1.54) is 43.6 Å². The normalized spacial score (nSPS) is 19.7. The third kappa shape index (κ3) is 10.9. The molecule has 5 N–H and O–H groups in total. The second-order valence-corrected chi connectivity index (χ2v) is 16.2. The van der Waals surface area contributed by atoms with E-state index < -0.39 is 6.10 Å². The Kier molecular flexibility index (Phi) is 14.1. The molecule has 306 valence electrons. The minimum absolute atomic E-state index is 0.0200. The summed E-state index contributed by atoms with van der Waals surface area (Å²) < 4.78 is 13.5. The summed E-state index contributed by atoms with van der Waals surface area (Å²) in [5, 5.41) is 28.1. The number of aromatic hydroxyl groups is 1. The number of nitrogens with zero attached hydrogens (tertiary/aromatic N) is 1. The standard InChI is InChI=1S/C48H58N4O6/c53-42-23-21-40(41-22-24-45(55)50-47(41)42)43(54)33-49-27-10-1-2-12-31-57-39-20-13-19-38(32-39)46(37-17-7-4-8-18-37)51-48(56)58-44-34-52(29-25-36(44)26-30-52)28-11-9-16-35-14-5-3-6-15-35/h3-8,13-15,17-24,32,36,43-44,46,49,54H,1-2,9-12,16,25-31,33-34H2,(H2-,50,51,53,55,56)/p+1/t36?,43-,44-,46?,52?/m0/s1. The number of rotatable bonds is 20. The number of hydrogen-bond donors (Lipinski definition) is 5. The van der Waals surface area contributed by atoms with Gasteiger partial charge in [0.25, 0.3) is 0 Å². The number of carbonyl (C=O) groups is 1. The number of H-pyrrole nitrogens is 1. The first-order chi connectivity index (χ1) is 28.4. The number of pyridine rings is 1. The van der Waals surface area contributed by atoms with Gasteiger partial charge in [-0.2, -0.15) is 0 Å². The highest BCUT2D eigenvalue weighted by Crippen LogP contribution is 2.36. The van der Waals surface area contributed by atoms with Crippen molar-refractivity contribution in [2.45, 2.75) is 76.0 Å². The number of aliphatic hydroxyl groups excluding tert-OH is 1. The Morgan fingerprint density at radius 2 is 1.59 bits per heavy atom. The van der Waals surface area contributed by atoms with Crippen LogP contribution in [0.2, 0.25) is 0 Å². The van der Waals surface area contributed by atoms with Crippen LogP contribution in [-0.2, 0) is 11.2 Å². The first kappa shape index (κ1) is 41.0. The lowest BCUT2D eigenvalue weighted by Crippen LogP contribution is -2.64. The Bertz CT molecular complexity index is 2120. The average molecular weight is 788 g/mol. The molecule has 3 atom stereocenters. The Morgan fingerprint density at radius 3 is 2.40 bits per heavy atom. The summed E-state index contributed by atoms with van der Waals surface area (Å²) in [6.07, 6.45) is 8.41. The Hall–Kier alpha value is -5.16. The SMILES string of the molecule is O=C(NC(c1ccccc1)c1cccc(OCCCCCCNC[C@H](O)c2ccc(O)c3[nH]c(=O)ccc23)c1)O[C@H]1C[N+]2(CCCCc3ccccc3)CCC1CC2. The van der Waals surface area contributed by atoms with E-state index in [1.54, 1.807) is 12.1 Å². The molecule has 10 nitrogen and oxygen atoms in total. The Morgan fingerprint density at radius 1 is 0.828 bits per heavy atom. The zero-order valence-corrected chi connectivity index (χ0v) is 33.5. The number of fused-ring (bicyclic) bond motifs is 4. The van der Waals surface area contributed by atoms with Crippen LogP contribution in [0.4, 0.5) is 4.79 Å². The number of aliphatic hydroxyl groups is 1. The van der Waals surface area contributed by atoms with Gasteiger partial charge in [-0.25, -0.2) is 4.79 Å². The second kappa shape index (κ2) is 20.0. The molecular formula is C48H59N4O6+. The number of piperidine rings is 3. The predicted molar refractivity (Wildman–Crippen MR) is 228 cm³/mol. The highest BCUT2D eigenvalue weighted by Gasteiger charge is 2.47. The van der Waals surface area contributed by atoms with Gasteiger partial charge in [0, 0.05) is 36.8 Å². The monoisotopic (exact) mass is 787 g/mol. The van der Waals surface area contributed by atoms with Crippen molar-refractivity contribution in [3.63, 3.8) is 0 Å². The van der Waals surface area contributed by atoms with Gasteiger partial charge in [-0.05, 0) is 85.2 Å². The molecule has 0 aliphatic carbocycles. The van der Waals surface area contributed by atoms with Gasteiger partial charge in [0.05, 0.1) is 43.9 Å². The van der Waals surface area contributed by atoms with E-state index in [9.17, 15) is 19.8 Å². The van der Waals surface area contributed by atoms with Crippen molar-refractivity contribution in [2.75, 3.05) is 45.9 Å². The number of aryl methyl sites for hydroxylation is 1. The number of aromatic nitrogens is 1. The van der Waals surface area contributed by atoms with Crippen molar-refractivity contribution in [3.05, 3.63) is 142 Å². The molecule has 4 heterocycles. The lowest BCUT2D eigenvalue weighted by molar-refractivity contribution is -0.946. The number of ether oxygens (including phenoxy) is 2. The van der Waals surface area contributed by atoms with Crippen LogP contribution in [0.15, 0.2) is 114 Å². The molecule has 10 heteroatoms. The molecule has 3 fully saturated rings. The van der Waals surface area contributed by atoms with E-state index in [2.05, 4.69) is 45.9 Å². The quantitative estimate of drug-likeness (QED) is 0.0400. The van der Waals surface area contributed by atoms with Crippen LogP contribution in [0.5, 0.6) is 11.5 Å². The summed E-state index contributed by atoms with van der Waals surface area (Å²) in [4.78, 5) is 28.0. The van der Waals surface area contributed by atoms with Crippen LogP contribution in [0.1, 0.15) is 85.8 Å². The number of alkyl carbamates (subject to hydrolysis) is 1. The van der Waals surface area contributed by atoms with Gasteiger partial charge in [-0.1, -0.05) is 91.7 Å². The number of phenolic OH excluding ortho intramolecular Hbond substituents is 1. The molecule has 1 aromatic heterocycles. The maximum atomic E-state index is 13.6. The van der Waals surface area contributed by atoms with Crippen molar-refractivity contribution in [3.8, 4) is 11.5 Å². The van der Waals surface area contributed by atoms with Gasteiger partial charge >= 0.3 is 6.09 Å². The highest BCUT2D eigenvalue weighted by atomic mass is 16.6. The molecule has 1 unspecified atom stereocenters. The fraction of sp³-hybridized carbons (Fsp3) is 0.417. The Labute approximate surface area is 341 Å². The number of unbranched alkanes of at least 4 members (excludes halogenated alkanes) is 4. The maximum Gasteiger partial charge on any atom is 0.408 e. The van der Waals surface area contributed by atoms with E-state index in [0.717, 1.165) is 85.9 Å². The third-order valence-electron chi connectivity index (χ3n) is 12.2. The molecular weight excluding hydrogens is 729 g/mol. The van der Waals surface area contributed by atoms with Crippen LogP contribution in [0, 0.1) is 5.92 Å². The molecule has 5 aromatic rings. The molecule has 0 radical (unpaired) electrons. The highest BCUT2D eigenvalue weighted by molar-refractivity contribution is 5.87. The summed E-state index contributed by atoms with van der Waals surface area (Å²) in [6, 6.07) is 34.6. The fourth-order valence-electron chi connectivity index (χ4n) is 8.96. The molecule has 0 spiro atoms. The number of hydrogen-bond acceptors (Lipinski definition) is 7. The molecule has 3 saturated heterocycles. The maximum absolute atomic E-state index is 13.6. The Balaban J connectivity index is 0.844. The van der Waals surface area contributed by atoms with E-state index in [0.29, 0.717) is 35.5 Å². The number of carbonyl (C=O) groups excluding carboxylic acids is 1. The van der Waals surface area contributed by atoms with Crippen LogP contribution < -0.4 is 20.9 Å². The largest absolute Gasteiger partial charge is 0.506 e. The van der Waals surface area contributed by atoms with E-state index in [-0.39, 0.29) is 29.5 Å². The van der Waals surface area contributed by atoms with E-state index in [4.69, 9.17) is 9.47 Å². The van der Waals surface area contributed by atoms with Crippen molar-refractivity contribution < 1.29 is 29.0 Å². The summed E-state index contributed by atoms with van der Waals surface area (Å²) in [6.45, 7) is 6.15. The van der Waals surface area contributed by atoms with Gasteiger partial charge in [0.2, 0.25) is 5.56 Å². The lowest BCUT2D eigenvalue weighted by Gasteiger charge is -2.52. The molecule has 0 saturated carbocycles. The molecule has 4 aromatic carbocycles. The number of nitrogens with one attached hydrogen (secondary N) is 3. The third-order valence-corrected chi connectivity index (χ3v) is 12.2. The summed E-state index contributed by atoms with van der Waals surface area (Å²) in [5.74, 6) is 1.18. The van der Waals surface area contributed by atoms with E-state index in [1.807, 2.05) is 54.6 Å². The minimum Gasteiger partial charge on any atom is -0.506 e. The molecule has 3 aliphatic heterocycles.